The molecule has 0 aliphatic carbocycles. The fraction of sp³-hybridized carbons (Fsp3) is 0.238. The van der Waals surface area contributed by atoms with Gasteiger partial charge in [-0.3, -0.25) is 4.79 Å². The number of esters is 1. The lowest BCUT2D eigenvalue weighted by Crippen LogP contribution is -2.31. The fourth-order valence-corrected chi connectivity index (χ4v) is 2.46. The lowest BCUT2D eigenvalue weighted by Gasteiger charge is -2.15. The van der Waals surface area contributed by atoms with Crippen LogP contribution in [0.25, 0.3) is 6.08 Å². The molecule has 0 radical (unpaired) electrons. The van der Waals surface area contributed by atoms with Crippen molar-refractivity contribution < 1.29 is 27.8 Å². The van der Waals surface area contributed by atoms with Crippen molar-refractivity contribution in [3.05, 3.63) is 71.3 Å². The number of ether oxygens (including phenoxy) is 2. The average molecular weight is 389 g/mol. The standard InChI is InChI=1S/C21H21F2NO4/c1-3-27-19-7-5-4-6-15(19)8-11-21(26)28-13-20(25)24-14(2)17-10-9-16(22)12-18(17)23/h4-12,14H,3,13H2,1-2H3,(H,24,25)/b11-8+. The van der Waals surface area contributed by atoms with Gasteiger partial charge in [0.1, 0.15) is 17.4 Å². The van der Waals surface area contributed by atoms with Crippen molar-refractivity contribution in [2.24, 2.45) is 0 Å². The predicted octanol–water partition coefficient (Wildman–Crippen LogP) is 3.80. The number of carbonyl (C=O) groups is 2. The van der Waals surface area contributed by atoms with Crippen molar-refractivity contribution in [2.45, 2.75) is 19.9 Å². The van der Waals surface area contributed by atoms with Crippen molar-refractivity contribution in [3.63, 3.8) is 0 Å². The first kappa shape index (κ1) is 21.1. The van der Waals surface area contributed by atoms with Crippen LogP contribution in [0.15, 0.2) is 48.5 Å². The Kier molecular flexibility index (Phi) is 7.68. The van der Waals surface area contributed by atoms with Crippen LogP contribution in [0.3, 0.4) is 0 Å². The van der Waals surface area contributed by atoms with Crippen molar-refractivity contribution in [2.75, 3.05) is 13.2 Å². The molecule has 0 heterocycles. The molecule has 1 amide bonds. The zero-order valence-corrected chi connectivity index (χ0v) is 15.6. The van der Waals surface area contributed by atoms with E-state index < -0.39 is 36.2 Å². The maximum atomic E-state index is 13.7. The Hall–Kier alpha value is -3.22. The summed E-state index contributed by atoms with van der Waals surface area (Å²) in [6.07, 6.45) is 2.72. The molecule has 7 heteroatoms. The van der Waals surface area contributed by atoms with E-state index in [-0.39, 0.29) is 5.56 Å². The third-order valence-electron chi connectivity index (χ3n) is 3.77. The molecule has 0 aliphatic heterocycles. The van der Waals surface area contributed by atoms with E-state index in [1.54, 1.807) is 25.1 Å². The molecule has 2 aromatic rings. The molecule has 5 nitrogen and oxygen atoms in total. The molecule has 28 heavy (non-hydrogen) atoms. The summed E-state index contributed by atoms with van der Waals surface area (Å²) < 4.78 is 37.0. The van der Waals surface area contributed by atoms with Gasteiger partial charge in [0.2, 0.25) is 0 Å². The van der Waals surface area contributed by atoms with Crippen LogP contribution in [0.2, 0.25) is 0 Å². The summed E-state index contributed by atoms with van der Waals surface area (Å²) in [5, 5.41) is 2.49. The zero-order chi connectivity index (χ0) is 20.5. The lowest BCUT2D eigenvalue weighted by atomic mass is 10.1. The van der Waals surface area contributed by atoms with Crippen molar-refractivity contribution >= 4 is 18.0 Å². The summed E-state index contributed by atoms with van der Waals surface area (Å²) in [4.78, 5) is 23.7. The molecule has 0 fully saturated rings. The Labute approximate surface area is 162 Å². The van der Waals surface area contributed by atoms with Crippen LogP contribution in [0.4, 0.5) is 8.78 Å². The third-order valence-corrected chi connectivity index (χ3v) is 3.77. The topological polar surface area (TPSA) is 64.6 Å². The van der Waals surface area contributed by atoms with Gasteiger partial charge in [-0.05, 0) is 32.1 Å². The van der Waals surface area contributed by atoms with E-state index in [4.69, 9.17) is 9.47 Å². The molecule has 1 unspecified atom stereocenters. The second-order valence-electron chi connectivity index (χ2n) is 5.87. The molecule has 0 saturated heterocycles. The highest BCUT2D eigenvalue weighted by molar-refractivity contribution is 5.89. The third kappa shape index (κ3) is 6.19. The normalized spacial score (nSPS) is 11.9. The van der Waals surface area contributed by atoms with E-state index in [2.05, 4.69) is 5.32 Å². The van der Waals surface area contributed by atoms with E-state index in [0.717, 1.165) is 12.1 Å². The minimum atomic E-state index is -0.763. The van der Waals surface area contributed by atoms with E-state index >= 15 is 0 Å². The molecule has 2 aromatic carbocycles. The number of rotatable bonds is 8. The molecule has 1 N–H and O–H groups in total. The van der Waals surface area contributed by atoms with Crippen LogP contribution >= 0.6 is 0 Å². The van der Waals surface area contributed by atoms with Crippen LogP contribution < -0.4 is 10.1 Å². The number of nitrogens with one attached hydrogen (secondary N) is 1. The van der Waals surface area contributed by atoms with Gasteiger partial charge >= 0.3 is 5.97 Å². The van der Waals surface area contributed by atoms with Gasteiger partial charge in [0, 0.05) is 23.3 Å². The predicted molar refractivity (Wildman–Crippen MR) is 101 cm³/mol. The quantitative estimate of drug-likeness (QED) is 0.551. The van der Waals surface area contributed by atoms with E-state index in [1.165, 1.54) is 18.2 Å². The summed E-state index contributed by atoms with van der Waals surface area (Å²) in [6, 6.07) is 9.56. The summed E-state index contributed by atoms with van der Waals surface area (Å²) in [5.41, 5.74) is 0.833. The molecule has 0 bridgehead atoms. The molecule has 0 aromatic heterocycles. The van der Waals surface area contributed by atoms with Gasteiger partial charge in [-0.25, -0.2) is 13.6 Å². The van der Waals surface area contributed by atoms with Crippen molar-refractivity contribution in [3.8, 4) is 5.75 Å². The maximum Gasteiger partial charge on any atom is 0.331 e. The number of hydrogen-bond acceptors (Lipinski definition) is 4. The largest absolute Gasteiger partial charge is 0.493 e. The maximum absolute atomic E-state index is 13.7. The number of halogens is 2. The van der Waals surface area contributed by atoms with Crippen molar-refractivity contribution in [1.29, 1.82) is 0 Å². The van der Waals surface area contributed by atoms with Crippen LogP contribution in [0, 0.1) is 11.6 Å². The second kappa shape index (κ2) is 10.2. The molecule has 1 atom stereocenters. The van der Waals surface area contributed by atoms with Gasteiger partial charge in [-0.1, -0.05) is 24.3 Å². The van der Waals surface area contributed by atoms with Gasteiger partial charge in [0.05, 0.1) is 12.6 Å². The molecule has 0 spiro atoms. The average Bonchev–Trinajstić information content (AvgIpc) is 2.65. The van der Waals surface area contributed by atoms with Gasteiger partial charge < -0.3 is 14.8 Å². The fourth-order valence-electron chi connectivity index (χ4n) is 2.46. The van der Waals surface area contributed by atoms with Gasteiger partial charge in [-0.2, -0.15) is 0 Å². The second-order valence-corrected chi connectivity index (χ2v) is 5.87. The Morgan fingerprint density at radius 1 is 1.18 bits per heavy atom. The van der Waals surface area contributed by atoms with Crippen LogP contribution in [0.1, 0.15) is 31.0 Å². The lowest BCUT2D eigenvalue weighted by molar-refractivity contribution is -0.144. The van der Waals surface area contributed by atoms with E-state index in [9.17, 15) is 18.4 Å². The summed E-state index contributed by atoms with van der Waals surface area (Å²) in [5.74, 6) is -2.15. The van der Waals surface area contributed by atoms with E-state index in [1.807, 2.05) is 13.0 Å². The molecule has 0 saturated carbocycles. The van der Waals surface area contributed by atoms with Crippen LogP contribution in [-0.4, -0.2) is 25.1 Å². The molecular formula is C21H21F2NO4. The number of amides is 1. The Morgan fingerprint density at radius 3 is 2.64 bits per heavy atom. The number of benzene rings is 2. The molecule has 148 valence electrons. The highest BCUT2D eigenvalue weighted by atomic mass is 19.1. The first-order chi connectivity index (χ1) is 13.4. The monoisotopic (exact) mass is 389 g/mol. The Morgan fingerprint density at radius 2 is 1.93 bits per heavy atom. The van der Waals surface area contributed by atoms with Crippen LogP contribution in [-0.2, 0) is 14.3 Å². The van der Waals surface area contributed by atoms with Gasteiger partial charge in [-0.15, -0.1) is 0 Å². The van der Waals surface area contributed by atoms with Crippen molar-refractivity contribution in [1.82, 2.24) is 5.32 Å². The SMILES string of the molecule is CCOc1ccccc1/C=C/C(=O)OCC(=O)NC(C)c1ccc(F)cc1F. The highest BCUT2D eigenvalue weighted by Gasteiger charge is 2.15. The van der Waals surface area contributed by atoms with Crippen LogP contribution in [0.5, 0.6) is 5.75 Å². The van der Waals surface area contributed by atoms with E-state index in [0.29, 0.717) is 17.9 Å². The summed E-state index contributed by atoms with van der Waals surface area (Å²) >= 11 is 0. The minimum Gasteiger partial charge on any atom is -0.493 e. The molecule has 2 rings (SSSR count). The summed E-state index contributed by atoms with van der Waals surface area (Å²) in [6.45, 7) is 3.36. The van der Waals surface area contributed by atoms with Gasteiger partial charge in [0.15, 0.2) is 6.61 Å². The highest BCUT2D eigenvalue weighted by Crippen LogP contribution is 2.19. The first-order valence-electron chi connectivity index (χ1n) is 8.71. The minimum absolute atomic E-state index is 0.133. The molecule has 0 aliphatic rings. The zero-order valence-electron chi connectivity index (χ0n) is 15.6. The first-order valence-corrected chi connectivity index (χ1v) is 8.71. The van der Waals surface area contributed by atoms with Gasteiger partial charge in [0.25, 0.3) is 5.91 Å². The number of para-hydroxylation sites is 1. The number of carbonyl (C=O) groups excluding carboxylic acids is 2. The molecular weight excluding hydrogens is 368 g/mol. The Bertz CT molecular complexity index is 867. The number of hydrogen-bond donors (Lipinski definition) is 1. The summed E-state index contributed by atoms with van der Waals surface area (Å²) in [7, 11) is 0. The Balaban J connectivity index is 1.86. The smallest absolute Gasteiger partial charge is 0.331 e.